The fourth-order valence-corrected chi connectivity index (χ4v) is 1.68. The lowest BCUT2D eigenvalue weighted by atomic mass is 10.1. The van der Waals surface area contributed by atoms with Gasteiger partial charge in [0.2, 0.25) is 0 Å². The number of rotatable bonds is 6. The standard InChI is InChI=1S/C14H23NO/c1-11-6-5-7-14(10-11)8-9-15-12(2)13(3)16-4/h5-7,10,12-13,15H,8-9H2,1-4H3. The van der Waals surface area contributed by atoms with Gasteiger partial charge in [0.05, 0.1) is 6.10 Å². The lowest BCUT2D eigenvalue weighted by molar-refractivity contribution is 0.0890. The Morgan fingerprint density at radius 3 is 2.69 bits per heavy atom. The van der Waals surface area contributed by atoms with Gasteiger partial charge < -0.3 is 10.1 Å². The minimum absolute atomic E-state index is 0.262. The van der Waals surface area contributed by atoms with Gasteiger partial charge in [0.15, 0.2) is 0 Å². The van der Waals surface area contributed by atoms with Crippen LogP contribution in [0.15, 0.2) is 24.3 Å². The molecular formula is C14H23NO. The van der Waals surface area contributed by atoms with E-state index in [1.165, 1.54) is 11.1 Å². The SMILES string of the molecule is COC(C)C(C)NCCc1cccc(C)c1. The molecule has 2 heteroatoms. The Balaban J connectivity index is 2.30. The quantitative estimate of drug-likeness (QED) is 0.797. The van der Waals surface area contributed by atoms with Gasteiger partial charge in [0.25, 0.3) is 0 Å². The molecule has 0 bridgehead atoms. The number of nitrogens with one attached hydrogen (secondary N) is 1. The maximum absolute atomic E-state index is 5.27. The first-order valence-electron chi connectivity index (χ1n) is 5.95. The Kier molecular flexibility index (Phi) is 5.50. The average molecular weight is 221 g/mol. The van der Waals surface area contributed by atoms with E-state index in [-0.39, 0.29) is 6.10 Å². The highest BCUT2D eigenvalue weighted by Crippen LogP contribution is 2.04. The van der Waals surface area contributed by atoms with E-state index in [0.29, 0.717) is 6.04 Å². The zero-order chi connectivity index (χ0) is 12.0. The van der Waals surface area contributed by atoms with Gasteiger partial charge in [-0.3, -0.25) is 0 Å². The van der Waals surface area contributed by atoms with Crippen LogP contribution in [0.5, 0.6) is 0 Å². The van der Waals surface area contributed by atoms with Crippen molar-refractivity contribution in [2.75, 3.05) is 13.7 Å². The molecule has 1 N–H and O–H groups in total. The van der Waals surface area contributed by atoms with Crippen LogP contribution >= 0.6 is 0 Å². The molecule has 0 saturated carbocycles. The molecule has 2 unspecified atom stereocenters. The van der Waals surface area contributed by atoms with Crippen molar-refractivity contribution < 1.29 is 4.74 Å². The van der Waals surface area contributed by atoms with Crippen LogP contribution in [0.25, 0.3) is 0 Å². The fourth-order valence-electron chi connectivity index (χ4n) is 1.68. The molecule has 16 heavy (non-hydrogen) atoms. The van der Waals surface area contributed by atoms with E-state index in [1.807, 2.05) is 0 Å². The van der Waals surface area contributed by atoms with Crippen molar-refractivity contribution in [2.24, 2.45) is 0 Å². The Labute approximate surface area is 99.0 Å². The summed E-state index contributed by atoms with van der Waals surface area (Å²) in [6, 6.07) is 9.07. The highest BCUT2D eigenvalue weighted by Gasteiger charge is 2.09. The highest BCUT2D eigenvalue weighted by molar-refractivity contribution is 5.22. The van der Waals surface area contributed by atoms with Crippen LogP contribution in [0.2, 0.25) is 0 Å². The summed E-state index contributed by atoms with van der Waals surface area (Å²) in [7, 11) is 1.75. The van der Waals surface area contributed by atoms with Crippen LogP contribution in [0.4, 0.5) is 0 Å². The predicted molar refractivity (Wildman–Crippen MR) is 68.8 cm³/mol. The topological polar surface area (TPSA) is 21.3 Å². The number of benzene rings is 1. The maximum atomic E-state index is 5.27. The van der Waals surface area contributed by atoms with Gasteiger partial charge in [0, 0.05) is 13.2 Å². The number of hydrogen-bond donors (Lipinski definition) is 1. The average Bonchev–Trinajstić information content (AvgIpc) is 2.28. The summed E-state index contributed by atoms with van der Waals surface area (Å²) in [5.41, 5.74) is 2.72. The predicted octanol–water partition coefficient (Wildman–Crippen LogP) is 2.55. The molecular weight excluding hydrogens is 198 g/mol. The molecule has 1 aromatic rings. The summed E-state index contributed by atoms with van der Waals surface area (Å²) >= 11 is 0. The molecule has 2 nitrogen and oxygen atoms in total. The summed E-state index contributed by atoms with van der Waals surface area (Å²) < 4.78 is 5.27. The summed E-state index contributed by atoms with van der Waals surface area (Å²) in [6.07, 6.45) is 1.33. The van der Waals surface area contributed by atoms with Crippen molar-refractivity contribution >= 4 is 0 Å². The van der Waals surface area contributed by atoms with E-state index >= 15 is 0 Å². The van der Waals surface area contributed by atoms with Gasteiger partial charge in [-0.15, -0.1) is 0 Å². The Bertz CT molecular complexity index is 311. The first kappa shape index (κ1) is 13.2. The molecule has 0 saturated heterocycles. The number of methoxy groups -OCH3 is 1. The third-order valence-corrected chi connectivity index (χ3v) is 3.04. The van der Waals surface area contributed by atoms with Crippen LogP contribution in [0.1, 0.15) is 25.0 Å². The van der Waals surface area contributed by atoms with E-state index in [0.717, 1.165) is 13.0 Å². The molecule has 0 spiro atoms. The van der Waals surface area contributed by atoms with Crippen molar-refractivity contribution in [1.82, 2.24) is 5.32 Å². The highest BCUT2D eigenvalue weighted by atomic mass is 16.5. The lowest BCUT2D eigenvalue weighted by Crippen LogP contribution is -2.37. The first-order valence-corrected chi connectivity index (χ1v) is 5.95. The minimum Gasteiger partial charge on any atom is -0.380 e. The second kappa shape index (κ2) is 6.66. The van der Waals surface area contributed by atoms with Crippen molar-refractivity contribution in [1.29, 1.82) is 0 Å². The third-order valence-electron chi connectivity index (χ3n) is 3.04. The molecule has 0 aliphatic rings. The fraction of sp³-hybridized carbons (Fsp3) is 0.571. The van der Waals surface area contributed by atoms with Gasteiger partial charge >= 0.3 is 0 Å². The van der Waals surface area contributed by atoms with Crippen molar-refractivity contribution in [3.8, 4) is 0 Å². The van der Waals surface area contributed by atoms with Crippen molar-refractivity contribution in [3.63, 3.8) is 0 Å². The van der Waals surface area contributed by atoms with Gasteiger partial charge in [0.1, 0.15) is 0 Å². The molecule has 90 valence electrons. The first-order chi connectivity index (χ1) is 7.63. The van der Waals surface area contributed by atoms with E-state index in [9.17, 15) is 0 Å². The maximum Gasteiger partial charge on any atom is 0.0693 e. The normalized spacial score (nSPS) is 14.8. The summed E-state index contributed by atoms with van der Waals surface area (Å²) in [5.74, 6) is 0. The van der Waals surface area contributed by atoms with Gasteiger partial charge in [-0.2, -0.15) is 0 Å². The van der Waals surface area contributed by atoms with Crippen LogP contribution < -0.4 is 5.32 Å². The van der Waals surface area contributed by atoms with Crippen LogP contribution in [-0.4, -0.2) is 25.8 Å². The number of aryl methyl sites for hydroxylation is 1. The van der Waals surface area contributed by atoms with E-state index in [2.05, 4.69) is 50.4 Å². The smallest absolute Gasteiger partial charge is 0.0693 e. The van der Waals surface area contributed by atoms with Crippen LogP contribution in [0.3, 0.4) is 0 Å². The van der Waals surface area contributed by atoms with E-state index in [1.54, 1.807) is 7.11 Å². The molecule has 0 fully saturated rings. The molecule has 0 amide bonds. The van der Waals surface area contributed by atoms with Crippen LogP contribution in [-0.2, 0) is 11.2 Å². The number of hydrogen-bond acceptors (Lipinski definition) is 2. The zero-order valence-corrected chi connectivity index (χ0v) is 10.8. The number of ether oxygens (including phenoxy) is 1. The van der Waals surface area contributed by atoms with Gasteiger partial charge in [-0.25, -0.2) is 0 Å². The molecule has 2 atom stereocenters. The van der Waals surface area contributed by atoms with Gasteiger partial charge in [-0.05, 0) is 39.3 Å². The summed E-state index contributed by atoms with van der Waals surface area (Å²) in [4.78, 5) is 0. The largest absolute Gasteiger partial charge is 0.380 e. The molecule has 0 aliphatic carbocycles. The van der Waals surface area contributed by atoms with Crippen molar-refractivity contribution in [2.45, 2.75) is 39.3 Å². The second-order valence-electron chi connectivity index (χ2n) is 4.42. The Hall–Kier alpha value is -0.860. The molecule has 0 aliphatic heterocycles. The molecule has 0 radical (unpaired) electrons. The van der Waals surface area contributed by atoms with E-state index < -0.39 is 0 Å². The van der Waals surface area contributed by atoms with Gasteiger partial charge in [-0.1, -0.05) is 29.8 Å². The van der Waals surface area contributed by atoms with Crippen LogP contribution in [0, 0.1) is 6.92 Å². The zero-order valence-electron chi connectivity index (χ0n) is 10.8. The second-order valence-corrected chi connectivity index (χ2v) is 4.42. The minimum atomic E-state index is 0.262. The Morgan fingerprint density at radius 1 is 1.31 bits per heavy atom. The summed E-state index contributed by atoms with van der Waals surface area (Å²) in [5, 5.41) is 3.48. The summed E-state index contributed by atoms with van der Waals surface area (Å²) in [6.45, 7) is 7.37. The molecule has 0 aromatic heterocycles. The van der Waals surface area contributed by atoms with E-state index in [4.69, 9.17) is 4.74 Å². The molecule has 1 aromatic carbocycles. The lowest BCUT2D eigenvalue weighted by Gasteiger charge is -2.19. The third kappa shape index (κ3) is 4.33. The monoisotopic (exact) mass is 221 g/mol. The van der Waals surface area contributed by atoms with Crippen molar-refractivity contribution in [3.05, 3.63) is 35.4 Å². The molecule has 0 heterocycles. The molecule has 1 rings (SSSR count). The Morgan fingerprint density at radius 2 is 2.06 bits per heavy atom.